The number of carbonyl (C=O) groups is 1. The zero-order valence-corrected chi connectivity index (χ0v) is 20.9. The quantitative estimate of drug-likeness (QED) is 0.468. The molecule has 2 aliphatic heterocycles. The Morgan fingerprint density at radius 3 is 2.83 bits per heavy atom. The van der Waals surface area contributed by atoms with Crippen molar-refractivity contribution in [3.05, 3.63) is 30.1 Å². The number of likely N-dealkylation sites (tertiary alicyclic amines) is 1. The minimum Gasteiger partial charge on any atom is -0.350 e. The Balaban J connectivity index is 1.10. The second-order valence-electron chi connectivity index (χ2n) is 11.4. The third-order valence-corrected chi connectivity index (χ3v) is 8.52. The van der Waals surface area contributed by atoms with Gasteiger partial charge in [-0.2, -0.15) is 15.1 Å². The molecule has 0 aromatic carbocycles. The smallest absolute Gasteiger partial charge is 0.243 e. The van der Waals surface area contributed by atoms with Gasteiger partial charge in [-0.3, -0.25) is 19.2 Å². The summed E-state index contributed by atoms with van der Waals surface area (Å²) in [6, 6.07) is 6.76. The van der Waals surface area contributed by atoms with Crippen LogP contribution in [0.15, 0.2) is 24.4 Å². The van der Waals surface area contributed by atoms with Gasteiger partial charge in [-0.1, -0.05) is 6.92 Å². The highest BCUT2D eigenvalue weighted by Gasteiger charge is 2.41. The molecule has 0 radical (unpaired) electrons. The van der Waals surface area contributed by atoms with Crippen LogP contribution in [0.2, 0.25) is 0 Å². The van der Waals surface area contributed by atoms with E-state index in [1.807, 2.05) is 22.7 Å². The maximum Gasteiger partial charge on any atom is 0.243 e. The molecule has 3 N–H and O–H groups in total. The number of aromatic amines is 1. The summed E-state index contributed by atoms with van der Waals surface area (Å²) in [5.74, 6) is 2.09. The van der Waals surface area contributed by atoms with Crippen LogP contribution in [0, 0.1) is 0 Å². The molecule has 4 aliphatic rings. The van der Waals surface area contributed by atoms with E-state index in [1.54, 1.807) is 0 Å². The van der Waals surface area contributed by atoms with Crippen LogP contribution in [0.25, 0.3) is 5.65 Å². The maximum absolute atomic E-state index is 13.4. The molecule has 0 bridgehead atoms. The number of nitrogens with one attached hydrogen (secondary N) is 3. The van der Waals surface area contributed by atoms with E-state index in [-0.39, 0.29) is 23.4 Å². The van der Waals surface area contributed by atoms with Crippen molar-refractivity contribution in [1.82, 2.24) is 34.8 Å². The van der Waals surface area contributed by atoms with Crippen LogP contribution in [0.5, 0.6) is 0 Å². The Morgan fingerprint density at radius 1 is 1.14 bits per heavy atom. The van der Waals surface area contributed by atoms with Crippen molar-refractivity contribution in [3.8, 4) is 0 Å². The van der Waals surface area contributed by atoms with Crippen LogP contribution >= 0.6 is 0 Å². The van der Waals surface area contributed by atoms with Gasteiger partial charge >= 0.3 is 0 Å². The number of carbonyl (C=O) groups excluding carboxylic acids is 1. The summed E-state index contributed by atoms with van der Waals surface area (Å²) in [7, 11) is 0. The third kappa shape index (κ3) is 4.11. The fraction of sp³-hybridized carbons (Fsp3) is 0.615. The van der Waals surface area contributed by atoms with Crippen LogP contribution in [-0.2, 0) is 10.2 Å². The van der Waals surface area contributed by atoms with Crippen molar-refractivity contribution < 1.29 is 4.79 Å². The normalized spacial score (nSPS) is 25.9. The average molecular weight is 490 g/mol. The summed E-state index contributed by atoms with van der Waals surface area (Å²) in [6.45, 7) is 5.18. The maximum atomic E-state index is 13.4. The molecular formula is C26H35N9O. The van der Waals surface area contributed by atoms with Gasteiger partial charge in [0.15, 0.2) is 5.82 Å². The topological polar surface area (TPSA) is 106 Å². The van der Waals surface area contributed by atoms with Gasteiger partial charge in [0, 0.05) is 48.5 Å². The Labute approximate surface area is 210 Å². The Morgan fingerprint density at radius 2 is 2.00 bits per heavy atom. The molecule has 2 aliphatic carbocycles. The van der Waals surface area contributed by atoms with Gasteiger partial charge in [0.25, 0.3) is 0 Å². The fourth-order valence-electron chi connectivity index (χ4n) is 5.87. The molecule has 190 valence electrons. The van der Waals surface area contributed by atoms with Crippen LogP contribution < -0.4 is 15.5 Å². The first-order chi connectivity index (χ1) is 17.6. The predicted octanol–water partition coefficient (Wildman–Crippen LogP) is 2.96. The molecule has 2 saturated carbocycles. The third-order valence-electron chi connectivity index (χ3n) is 8.52. The van der Waals surface area contributed by atoms with Gasteiger partial charge in [-0.25, -0.2) is 0 Å². The van der Waals surface area contributed by atoms with E-state index in [9.17, 15) is 4.79 Å². The van der Waals surface area contributed by atoms with Crippen molar-refractivity contribution in [1.29, 1.82) is 0 Å². The number of rotatable bonds is 7. The number of piperidine rings is 1. The first-order valence-corrected chi connectivity index (χ1v) is 13.5. The van der Waals surface area contributed by atoms with Crippen molar-refractivity contribution in [2.45, 2.75) is 81.8 Å². The van der Waals surface area contributed by atoms with E-state index in [4.69, 9.17) is 9.97 Å². The van der Waals surface area contributed by atoms with E-state index in [0.29, 0.717) is 11.9 Å². The van der Waals surface area contributed by atoms with Gasteiger partial charge in [-0.15, -0.1) is 0 Å². The number of aromatic nitrogens is 5. The zero-order valence-electron chi connectivity index (χ0n) is 20.9. The molecule has 3 aromatic heterocycles. The van der Waals surface area contributed by atoms with E-state index >= 15 is 0 Å². The number of fused-ring (bicyclic) bond motifs is 1. The number of anilines is 3. The minimum absolute atomic E-state index is 0.109. The minimum atomic E-state index is -0.238. The highest BCUT2D eigenvalue weighted by molar-refractivity contribution is 5.85. The lowest BCUT2D eigenvalue weighted by Crippen LogP contribution is -2.53. The molecule has 3 aromatic rings. The van der Waals surface area contributed by atoms with Gasteiger partial charge in [0.2, 0.25) is 17.8 Å². The molecule has 0 spiro atoms. The van der Waals surface area contributed by atoms with E-state index in [0.717, 1.165) is 62.0 Å². The second-order valence-corrected chi connectivity index (χ2v) is 11.4. The number of H-pyrrole nitrogens is 1. The molecular weight excluding hydrogens is 454 g/mol. The summed E-state index contributed by atoms with van der Waals surface area (Å²) in [4.78, 5) is 27.8. The zero-order chi connectivity index (χ0) is 24.3. The van der Waals surface area contributed by atoms with Crippen molar-refractivity contribution in [2.24, 2.45) is 0 Å². The molecule has 1 amide bonds. The SMILES string of the molecule is CC1(c2cc(Nc3nc(N4CCC[C@H]4C(=O)N[C@@H]4CCCN(C5CC5)C4)nc4cccn34)n[nH]2)CC1. The summed E-state index contributed by atoms with van der Waals surface area (Å²) < 4.78 is 1.93. The summed E-state index contributed by atoms with van der Waals surface area (Å²) in [5, 5.41) is 14.4. The van der Waals surface area contributed by atoms with Gasteiger partial charge < -0.3 is 15.5 Å². The molecule has 5 heterocycles. The predicted molar refractivity (Wildman–Crippen MR) is 138 cm³/mol. The average Bonchev–Trinajstić information content (AvgIpc) is 3.65. The Bertz CT molecular complexity index is 1270. The lowest BCUT2D eigenvalue weighted by Gasteiger charge is -2.34. The molecule has 2 atom stereocenters. The monoisotopic (exact) mass is 489 g/mol. The van der Waals surface area contributed by atoms with Crippen molar-refractivity contribution in [3.63, 3.8) is 0 Å². The molecule has 4 fully saturated rings. The number of amides is 1. The first-order valence-electron chi connectivity index (χ1n) is 13.5. The van der Waals surface area contributed by atoms with Crippen LogP contribution in [0.1, 0.15) is 64.0 Å². The Kier molecular flexibility index (Phi) is 5.20. The standard InChI is InChI=1S/C26H35N9O/c1-26(10-11-26)20-15-21(32-31-20)28-24-30-25(29-22-7-4-14-35(22)24)34-13-3-6-19(34)23(36)27-17-5-2-12-33(16-17)18-8-9-18/h4,7,14-15,17-19H,2-3,5-6,8-13,16H2,1H3,(H,27,36)(H2,28,29,30,31,32)/t17-,19+/m1/s1. The van der Waals surface area contributed by atoms with Crippen molar-refractivity contribution in [2.75, 3.05) is 29.9 Å². The molecule has 36 heavy (non-hydrogen) atoms. The van der Waals surface area contributed by atoms with Gasteiger partial charge in [0.1, 0.15) is 11.7 Å². The number of nitrogens with zero attached hydrogens (tertiary/aromatic N) is 6. The largest absolute Gasteiger partial charge is 0.350 e. The second kappa shape index (κ2) is 8.47. The van der Waals surface area contributed by atoms with Gasteiger partial charge in [-0.05, 0) is 70.0 Å². The fourth-order valence-corrected chi connectivity index (χ4v) is 5.87. The summed E-state index contributed by atoms with van der Waals surface area (Å²) in [5.41, 5.74) is 2.17. The van der Waals surface area contributed by atoms with Crippen molar-refractivity contribution >= 4 is 29.3 Å². The number of hydrogen-bond acceptors (Lipinski definition) is 7. The molecule has 2 saturated heterocycles. The van der Waals surface area contributed by atoms with Crippen LogP contribution in [-0.4, -0.2) is 73.1 Å². The molecule has 10 nitrogen and oxygen atoms in total. The summed E-state index contributed by atoms with van der Waals surface area (Å²) >= 11 is 0. The van der Waals surface area contributed by atoms with E-state index in [1.165, 1.54) is 32.2 Å². The summed E-state index contributed by atoms with van der Waals surface area (Å²) in [6.07, 6.45) is 10.9. The highest BCUT2D eigenvalue weighted by atomic mass is 16.2. The Hall–Kier alpha value is -3.14. The lowest BCUT2D eigenvalue weighted by atomic mass is 10.0. The highest BCUT2D eigenvalue weighted by Crippen LogP contribution is 2.47. The molecule has 7 rings (SSSR count). The molecule has 10 heteroatoms. The van der Waals surface area contributed by atoms with E-state index < -0.39 is 0 Å². The first kappa shape index (κ1) is 22.1. The van der Waals surface area contributed by atoms with Crippen LogP contribution in [0.3, 0.4) is 0 Å². The lowest BCUT2D eigenvalue weighted by molar-refractivity contribution is -0.123. The van der Waals surface area contributed by atoms with Crippen LogP contribution in [0.4, 0.5) is 17.7 Å². The molecule has 0 unspecified atom stereocenters. The number of hydrogen-bond donors (Lipinski definition) is 3. The van der Waals surface area contributed by atoms with E-state index in [2.05, 4.69) is 43.6 Å². The van der Waals surface area contributed by atoms with Gasteiger partial charge in [0.05, 0.1) is 0 Å².